The number of amides is 4. The Morgan fingerprint density at radius 3 is 1.39 bits per heavy atom. The largest absolute Gasteiger partial charge is 0.366 e. The first kappa shape index (κ1) is 29.0. The third-order valence-corrected chi connectivity index (χ3v) is 6.26. The number of primary amides is 2. The smallest absolute Gasteiger partial charge is 0.248 e. The molecule has 0 aromatic heterocycles. The van der Waals surface area contributed by atoms with Gasteiger partial charge in [-0.25, -0.2) is 0 Å². The summed E-state index contributed by atoms with van der Waals surface area (Å²) in [6.07, 6.45) is 16.1. The van der Waals surface area contributed by atoms with Gasteiger partial charge in [-0.3, -0.25) is 19.2 Å². The van der Waals surface area contributed by atoms with Gasteiger partial charge in [0, 0.05) is 36.6 Å². The number of unbranched alkanes of at least 4 members (excludes halogenated alkanes) is 5. The molecule has 2 atom stereocenters. The molecule has 2 aliphatic heterocycles. The van der Waals surface area contributed by atoms with Crippen LogP contribution in [0.2, 0.25) is 0 Å². The molecule has 0 aromatic carbocycles. The van der Waals surface area contributed by atoms with Gasteiger partial charge in [-0.05, 0) is 51.9 Å². The summed E-state index contributed by atoms with van der Waals surface area (Å²) in [6.45, 7) is 5.94. The van der Waals surface area contributed by atoms with E-state index in [1.807, 2.05) is 13.8 Å². The number of nitrogens with zero attached hydrogens (tertiary/aromatic N) is 2. The van der Waals surface area contributed by atoms with Crippen molar-refractivity contribution in [2.24, 2.45) is 11.5 Å². The Kier molecular flexibility index (Phi) is 12.1. The van der Waals surface area contributed by atoms with Crippen molar-refractivity contribution < 1.29 is 19.2 Å². The fraction of sp³-hybridized carbons (Fsp3) is 0.538. The number of carbonyl (C=O) groups excluding carboxylic acids is 4. The van der Waals surface area contributed by atoms with Crippen LogP contribution in [0.25, 0.3) is 0 Å². The first-order valence-corrected chi connectivity index (χ1v) is 12.6. The van der Waals surface area contributed by atoms with Gasteiger partial charge in [-0.1, -0.05) is 37.8 Å². The van der Waals surface area contributed by atoms with Gasteiger partial charge in [0.1, 0.15) is 0 Å². The van der Waals surface area contributed by atoms with E-state index in [1.165, 1.54) is 0 Å². The number of hydrogen-bond acceptors (Lipinski definition) is 6. The van der Waals surface area contributed by atoms with Crippen molar-refractivity contribution in [3.8, 4) is 0 Å². The summed E-state index contributed by atoms with van der Waals surface area (Å²) in [6, 6.07) is -0.591. The minimum atomic E-state index is -0.490. The summed E-state index contributed by atoms with van der Waals surface area (Å²) in [7, 11) is 0. The van der Waals surface area contributed by atoms with Crippen LogP contribution >= 0.6 is 0 Å². The summed E-state index contributed by atoms with van der Waals surface area (Å²) in [5.74, 6) is -1.05. The van der Waals surface area contributed by atoms with Crippen LogP contribution in [0.15, 0.2) is 47.9 Å². The lowest BCUT2D eigenvalue weighted by Gasteiger charge is -2.24. The molecule has 4 amide bonds. The van der Waals surface area contributed by atoms with E-state index in [2.05, 4.69) is 10.6 Å². The quantitative estimate of drug-likeness (QED) is 0.244. The summed E-state index contributed by atoms with van der Waals surface area (Å²) >= 11 is 0. The van der Waals surface area contributed by atoms with Gasteiger partial charge < -0.3 is 31.9 Å². The zero-order chi connectivity index (χ0) is 26.5. The highest BCUT2D eigenvalue weighted by molar-refractivity contribution is 5.96. The SMILES string of the molecule is C[C@H](NCCCCCCCCN[C@@H](C)C(=O)N1C=CC(C(N)=O)=CC1)C(=O)N1C=CC(C(N)=O)=CC1. The first-order valence-electron chi connectivity index (χ1n) is 12.6. The molecule has 0 saturated carbocycles. The van der Waals surface area contributed by atoms with Gasteiger partial charge in [-0.2, -0.15) is 0 Å². The van der Waals surface area contributed by atoms with Gasteiger partial charge in [0.05, 0.1) is 12.1 Å². The maximum absolute atomic E-state index is 12.5. The number of nitrogens with one attached hydrogen (secondary N) is 2. The number of carbonyl (C=O) groups is 4. The highest BCUT2D eigenvalue weighted by Crippen LogP contribution is 2.10. The fourth-order valence-corrected chi connectivity index (χ4v) is 3.95. The second-order valence-corrected chi connectivity index (χ2v) is 9.13. The van der Waals surface area contributed by atoms with Gasteiger partial charge in [0.25, 0.3) is 0 Å². The van der Waals surface area contributed by atoms with Crippen molar-refractivity contribution in [1.29, 1.82) is 0 Å². The van der Waals surface area contributed by atoms with Crippen molar-refractivity contribution in [2.45, 2.75) is 64.5 Å². The second kappa shape index (κ2) is 15.0. The maximum atomic E-state index is 12.5. The molecule has 10 nitrogen and oxygen atoms in total. The molecule has 0 radical (unpaired) electrons. The van der Waals surface area contributed by atoms with E-state index < -0.39 is 11.8 Å². The molecule has 198 valence electrons. The van der Waals surface area contributed by atoms with E-state index in [9.17, 15) is 19.2 Å². The zero-order valence-corrected chi connectivity index (χ0v) is 21.4. The normalized spacial score (nSPS) is 16.8. The topological polar surface area (TPSA) is 151 Å². The average Bonchev–Trinajstić information content (AvgIpc) is 2.88. The highest BCUT2D eigenvalue weighted by Gasteiger charge is 2.21. The molecule has 0 saturated heterocycles. The Balaban J connectivity index is 1.47. The number of rotatable bonds is 15. The third kappa shape index (κ3) is 9.43. The van der Waals surface area contributed by atoms with Gasteiger partial charge in [-0.15, -0.1) is 0 Å². The van der Waals surface area contributed by atoms with E-state index >= 15 is 0 Å². The van der Waals surface area contributed by atoms with Crippen LogP contribution in [0.5, 0.6) is 0 Å². The average molecular weight is 501 g/mol. The Hall–Kier alpha value is -3.24. The lowest BCUT2D eigenvalue weighted by atomic mass is 10.1. The van der Waals surface area contributed by atoms with Crippen molar-refractivity contribution in [1.82, 2.24) is 20.4 Å². The van der Waals surface area contributed by atoms with Crippen LogP contribution in [-0.4, -0.2) is 71.7 Å². The van der Waals surface area contributed by atoms with Gasteiger partial charge >= 0.3 is 0 Å². The molecule has 0 bridgehead atoms. The zero-order valence-electron chi connectivity index (χ0n) is 21.4. The Bertz CT molecular complexity index is 849. The monoisotopic (exact) mass is 500 g/mol. The molecule has 0 aromatic rings. The molecule has 0 spiro atoms. The van der Waals surface area contributed by atoms with Crippen molar-refractivity contribution in [3.05, 3.63) is 47.9 Å². The fourth-order valence-electron chi connectivity index (χ4n) is 3.95. The molecule has 0 unspecified atom stereocenters. The predicted molar refractivity (Wildman–Crippen MR) is 139 cm³/mol. The standard InChI is InChI=1S/C26H40N6O4/c1-19(25(35)31-15-9-21(10-16-31)23(27)33)29-13-7-5-3-4-6-8-14-30-20(2)26(36)32-17-11-22(12-18-32)24(28)34/h9-12,15,17,19-20,29-30H,3-8,13-14,16,18H2,1-2H3,(H2,27,33)(H2,28,34)/t19-,20-/m0/s1. The second-order valence-electron chi connectivity index (χ2n) is 9.13. The van der Waals surface area contributed by atoms with Crippen LogP contribution in [-0.2, 0) is 19.2 Å². The van der Waals surface area contributed by atoms with Crippen LogP contribution in [0.4, 0.5) is 0 Å². The lowest BCUT2D eigenvalue weighted by molar-refractivity contribution is -0.130. The van der Waals surface area contributed by atoms with Crippen LogP contribution in [0.3, 0.4) is 0 Å². The highest BCUT2D eigenvalue weighted by atomic mass is 16.2. The molecule has 0 fully saturated rings. The molecule has 2 rings (SSSR count). The molecule has 10 heteroatoms. The van der Waals surface area contributed by atoms with E-state index in [1.54, 1.807) is 46.5 Å². The summed E-state index contributed by atoms with van der Waals surface area (Å²) in [4.78, 5) is 50.4. The summed E-state index contributed by atoms with van der Waals surface area (Å²) < 4.78 is 0. The van der Waals surface area contributed by atoms with Crippen LogP contribution < -0.4 is 22.1 Å². The van der Waals surface area contributed by atoms with Crippen LogP contribution in [0.1, 0.15) is 52.4 Å². The molecular formula is C26H40N6O4. The first-order chi connectivity index (χ1) is 17.2. The molecular weight excluding hydrogens is 460 g/mol. The Labute approximate surface area is 213 Å². The van der Waals surface area contributed by atoms with Crippen molar-refractivity contribution in [3.63, 3.8) is 0 Å². The van der Waals surface area contributed by atoms with Gasteiger partial charge in [0.2, 0.25) is 23.6 Å². The van der Waals surface area contributed by atoms with Crippen molar-refractivity contribution >= 4 is 23.6 Å². The molecule has 2 heterocycles. The Morgan fingerprint density at radius 1 is 0.722 bits per heavy atom. The molecule has 0 aliphatic carbocycles. The van der Waals surface area contributed by atoms with E-state index in [0.717, 1.165) is 51.6 Å². The van der Waals surface area contributed by atoms with E-state index in [0.29, 0.717) is 24.2 Å². The third-order valence-electron chi connectivity index (χ3n) is 6.26. The molecule has 6 N–H and O–H groups in total. The molecule has 2 aliphatic rings. The summed E-state index contributed by atoms with van der Waals surface area (Å²) in [5, 5.41) is 6.54. The number of nitrogens with two attached hydrogens (primary N) is 2. The predicted octanol–water partition coefficient (Wildman–Crippen LogP) is 0.818. The summed E-state index contributed by atoms with van der Waals surface area (Å²) in [5.41, 5.74) is 11.3. The minimum absolute atomic E-state index is 0.0329. The van der Waals surface area contributed by atoms with Crippen molar-refractivity contribution in [2.75, 3.05) is 26.2 Å². The minimum Gasteiger partial charge on any atom is -0.366 e. The maximum Gasteiger partial charge on any atom is 0.248 e. The lowest BCUT2D eigenvalue weighted by Crippen LogP contribution is -2.43. The van der Waals surface area contributed by atoms with E-state index in [4.69, 9.17) is 11.5 Å². The van der Waals surface area contributed by atoms with Crippen LogP contribution in [0, 0.1) is 0 Å². The van der Waals surface area contributed by atoms with Gasteiger partial charge in [0.15, 0.2) is 0 Å². The van der Waals surface area contributed by atoms with E-state index in [-0.39, 0.29) is 23.9 Å². The molecule has 36 heavy (non-hydrogen) atoms. The number of hydrogen-bond donors (Lipinski definition) is 4. The Morgan fingerprint density at radius 2 is 1.08 bits per heavy atom.